The molecule has 0 atom stereocenters. The molecule has 0 aromatic heterocycles. The van der Waals surface area contributed by atoms with Crippen LogP contribution in [0.15, 0.2) is 42.5 Å². The third-order valence-corrected chi connectivity index (χ3v) is 4.14. The van der Waals surface area contributed by atoms with Crippen LogP contribution in [0.2, 0.25) is 0 Å². The van der Waals surface area contributed by atoms with E-state index in [0.717, 1.165) is 19.3 Å². The van der Waals surface area contributed by atoms with Crippen molar-refractivity contribution in [2.24, 2.45) is 0 Å². The van der Waals surface area contributed by atoms with Crippen LogP contribution in [0.4, 0.5) is 0 Å². The van der Waals surface area contributed by atoms with Gasteiger partial charge in [-0.2, -0.15) is 0 Å². The Hall–Kier alpha value is -2.82. The van der Waals surface area contributed by atoms with Crippen LogP contribution in [0.25, 0.3) is 0 Å². The summed E-state index contributed by atoms with van der Waals surface area (Å²) in [5.74, 6) is 0.0159. The molecule has 3 rings (SSSR count). The average Bonchev–Trinajstić information content (AvgIpc) is 3.07. The second-order valence-electron chi connectivity index (χ2n) is 6.44. The zero-order valence-corrected chi connectivity index (χ0v) is 14.5. The Balaban J connectivity index is 1.57. The highest BCUT2D eigenvalue weighted by Crippen LogP contribution is 2.22. The number of hydrogen-bond acceptors (Lipinski definition) is 3. The van der Waals surface area contributed by atoms with Crippen molar-refractivity contribution in [1.82, 2.24) is 10.9 Å². The van der Waals surface area contributed by atoms with Crippen LogP contribution >= 0.6 is 0 Å². The number of carbonyl (C=O) groups is 2. The number of carbonyl (C=O) groups excluding carboxylic acids is 2. The molecule has 0 heterocycles. The van der Waals surface area contributed by atoms with E-state index < -0.39 is 0 Å². The molecule has 0 bridgehead atoms. The third kappa shape index (κ3) is 4.18. The summed E-state index contributed by atoms with van der Waals surface area (Å²) in [7, 11) is 0. The molecule has 0 saturated heterocycles. The molecule has 0 radical (unpaired) electrons. The number of benzene rings is 2. The molecule has 2 amide bonds. The highest BCUT2D eigenvalue weighted by Gasteiger charge is 2.14. The fraction of sp³-hybridized carbons (Fsp3) is 0.300. The molecule has 2 aromatic carbocycles. The number of rotatable bonds is 4. The summed E-state index contributed by atoms with van der Waals surface area (Å²) in [5, 5.41) is 0. The van der Waals surface area contributed by atoms with Gasteiger partial charge in [0.25, 0.3) is 11.8 Å². The van der Waals surface area contributed by atoms with Crippen LogP contribution in [0.1, 0.15) is 52.1 Å². The number of nitrogens with one attached hydrogen (secondary N) is 2. The van der Waals surface area contributed by atoms with Crippen molar-refractivity contribution in [3.05, 3.63) is 64.7 Å². The van der Waals surface area contributed by atoms with E-state index in [1.807, 2.05) is 26.0 Å². The van der Waals surface area contributed by atoms with Gasteiger partial charge in [0.05, 0.1) is 6.10 Å². The molecule has 2 N–H and O–H groups in total. The Bertz CT molecular complexity index is 782. The van der Waals surface area contributed by atoms with E-state index in [2.05, 4.69) is 10.9 Å². The Labute approximate surface area is 147 Å². The molecule has 0 aliphatic heterocycles. The molecule has 1 aliphatic carbocycles. The van der Waals surface area contributed by atoms with E-state index in [9.17, 15) is 9.59 Å². The number of hydrogen-bond donors (Lipinski definition) is 2. The van der Waals surface area contributed by atoms with Crippen LogP contribution in [0.5, 0.6) is 5.75 Å². The molecule has 0 saturated carbocycles. The van der Waals surface area contributed by atoms with E-state index in [0.29, 0.717) is 16.9 Å². The summed E-state index contributed by atoms with van der Waals surface area (Å²) in [4.78, 5) is 24.3. The minimum Gasteiger partial charge on any atom is -0.491 e. The zero-order chi connectivity index (χ0) is 17.8. The maximum Gasteiger partial charge on any atom is 0.269 e. The van der Waals surface area contributed by atoms with E-state index in [-0.39, 0.29) is 17.9 Å². The van der Waals surface area contributed by atoms with Crippen LogP contribution in [0.3, 0.4) is 0 Å². The summed E-state index contributed by atoms with van der Waals surface area (Å²) in [6.45, 7) is 3.88. The van der Waals surface area contributed by atoms with E-state index in [1.54, 1.807) is 30.3 Å². The zero-order valence-electron chi connectivity index (χ0n) is 14.5. The molecule has 25 heavy (non-hydrogen) atoms. The molecule has 130 valence electrons. The summed E-state index contributed by atoms with van der Waals surface area (Å²) in [5.41, 5.74) is 8.45. The van der Waals surface area contributed by atoms with Gasteiger partial charge in [-0.3, -0.25) is 20.4 Å². The second kappa shape index (κ2) is 7.38. The maximum atomic E-state index is 12.2. The minimum absolute atomic E-state index is 0.0753. The van der Waals surface area contributed by atoms with Gasteiger partial charge in [-0.05, 0) is 80.6 Å². The number of amides is 2. The molecule has 0 fully saturated rings. The normalized spacial score (nSPS) is 12.6. The van der Waals surface area contributed by atoms with Gasteiger partial charge in [0.1, 0.15) is 5.75 Å². The van der Waals surface area contributed by atoms with Crippen molar-refractivity contribution in [3.8, 4) is 5.75 Å². The van der Waals surface area contributed by atoms with Crippen molar-refractivity contribution in [2.75, 3.05) is 0 Å². The van der Waals surface area contributed by atoms with E-state index >= 15 is 0 Å². The summed E-state index contributed by atoms with van der Waals surface area (Å²) in [6.07, 6.45) is 3.29. The Morgan fingerprint density at radius 3 is 2.16 bits per heavy atom. The van der Waals surface area contributed by atoms with Gasteiger partial charge >= 0.3 is 0 Å². The van der Waals surface area contributed by atoms with Crippen LogP contribution in [-0.4, -0.2) is 17.9 Å². The standard InChI is InChI=1S/C20H22N2O3/c1-13(2)25-18-10-8-15(9-11-18)19(23)21-22-20(24)17-7-6-14-4-3-5-16(14)12-17/h6-13H,3-5H2,1-2H3,(H,21,23)(H,22,24). The van der Waals surface area contributed by atoms with Gasteiger partial charge in [0.15, 0.2) is 0 Å². The lowest BCUT2D eigenvalue weighted by molar-refractivity contribution is 0.0846. The van der Waals surface area contributed by atoms with Gasteiger partial charge < -0.3 is 4.74 Å². The van der Waals surface area contributed by atoms with E-state index in [4.69, 9.17) is 4.74 Å². The largest absolute Gasteiger partial charge is 0.491 e. The van der Waals surface area contributed by atoms with Crippen molar-refractivity contribution in [2.45, 2.75) is 39.2 Å². The van der Waals surface area contributed by atoms with Crippen molar-refractivity contribution in [1.29, 1.82) is 0 Å². The molecule has 2 aromatic rings. The average molecular weight is 338 g/mol. The number of hydrazine groups is 1. The molecule has 0 unspecified atom stereocenters. The summed E-state index contributed by atoms with van der Waals surface area (Å²) < 4.78 is 5.54. The van der Waals surface area contributed by atoms with Gasteiger partial charge in [-0.1, -0.05) is 6.07 Å². The first-order chi connectivity index (χ1) is 12.0. The molecular weight excluding hydrogens is 316 g/mol. The number of aryl methyl sites for hydroxylation is 2. The highest BCUT2D eigenvalue weighted by molar-refractivity contribution is 5.99. The van der Waals surface area contributed by atoms with Crippen molar-refractivity contribution >= 4 is 11.8 Å². The Morgan fingerprint density at radius 1 is 0.880 bits per heavy atom. The molecule has 5 nitrogen and oxygen atoms in total. The fourth-order valence-corrected chi connectivity index (χ4v) is 2.93. The smallest absolute Gasteiger partial charge is 0.269 e. The Morgan fingerprint density at radius 2 is 1.48 bits per heavy atom. The van der Waals surface area contributed by atoms with Gasteiger partial charge in [0.2, 0.25) is 0 Å². The first-order valence-corrected chi connectivity index (χ1v) is 8.52. The van der Waals surface area contributed by atoms with Crippen molar-refractivity contribution in [3.63, 3.8) is 0 Å². The topological polar surface area (TPSA) is 67.4 Å². The van der Waals surface area contributed by atoms with Crippen LogP contribution in [0, 0.1) is 0 Å². The lowest BCUT2D eigenvalue weighted by atomic mass is 10.1. The maximum absolute atomic E-state index is 12.2. The quantitative estimate of drug-likeness (QED) is 0.842. The number of ether oxygens (including phenoxy) is 1. The SMILES string of the molecule is CC(C)Oc1ccc(C(=O)NNC(=O)c2ccc3c(c2)CCC3)cc1. The van der Waals surface area contributed by atoms with Gasteiger partial charge in [-0.15, -0.1) is 0 Å². The first-order valence-electron chi connectivity index (χ1n) is 8.52. The minimum atomic E-state index is -0.370. The predicted octanol–water partition coefficient (Wildman–Crippen LogP) is 3.04. The molecule has 5 heteroatoms. The monoisotopic (exact) mass is 338 g/mol. The number of fused-ring (bicyclic) bond motifs is 1. The molecule has 1 aliphatic rings. The van der Waals surface area contributed by atoms with Crippen LogP contribution < -0.4 is 15.6 Å². The van der Waals surface area contributed by atoms with Gasteiger partial charge in [-0.25, -0.2) is 0 Å². The molecular formula is C20H22N2O3. The lowest BCUT2D eigenvalue weighted by Gasteiger charge is -2.11. The van der Waals surface area contributed by atoms with Gasteiger partial charge in [0, 0.05) is 11.1 Å². The fourth-order valence-electron chi connectivity index (χ4n) is 2.93. The first kappa shape index (κ1) is 17.0. The predicted molar refractivity (Wildman–Crippen MR) is 95.6 cm³/mol. The highest BCUT2D eigenvalue weighted by atomic mass is 16.5. The Kier molecular flexibility index (Phi) is 5.03. The van der Waals surface area contributed by atoms with Crippen molar-refractivity contribution < 1.29 is 14.3 Å². The third-order valence-electron chi connectivity index (χ3n) is 4.14. The van der Waals surface area contributed by atoms with E-state index in [1.165, 1.54) is 11.1 Å². The summed E-state index contributed by atoms with van der Waals surface area (Å²) in [6, 6.07) is 12.5. The second-order valence-corrected chi connectivity index (χ2v) is 6.44. The summed E-state index contributed by atoms with van der Waals surface area (Å²) >= 11 is 0. The molecule has 0 spiro atoms. The lowest BCUT2D eigenvalue weighted by Crippen LogP contribution is -2.41. The van der Waals surface area contributed by atoms with Crippen LogP contribution in [-0.2, 0) is 12.8 Å².